The minimum Gasteiger partial charge on any atom is -0.294 e. The maximum atomic E-state index is 13.5. The van der Waals surface area contributed by atoms with Gasteiger partial charge in [-0.3, -0.25) is 4.79 Å². The van der Waals surface area contributed by atoms with Crippen LogP contribution in [0.1, 0.15) is 37.8 Å². The molecule has 0 saturated carbocycles. The lowest BCUT2D eigenvalue weighted by Gasteiger charge is -2.08. The second kappa shape index (κ2) is 8.25. The molecule has 0 aliphatic heterocycles. The van der Waals surface area contributed by atoms with E-state index in [1.165, 1.54) is 12.1 Å². The molecular formula is C20H20F2OS. The van der Waals surface area contributed by atoms with E-state index in [1.54, 1.807) is 11.8 Å². The fraction of sp³-hybridized carbons (Fsp3) is 0.250. The standard InChI is InChI=1S/C18H14F2OS.C2H6/c1-22-15-4-2-11(3-5-15)16-6-7-17(21)18(16)12-8-13(19)10-14(20)9-12;1-2/h2-5,8-10H,6-7H2,1H3;1-2H3. The van der Waals surface area contributed by atoms with Gasteiger partial charge in [-0.05, 0) is 53.6 Å². The lowest BCUT2D eigenvalue weighted by molar-refractivity contribution is -0.113. The van der Waals surface area contributed by atoms with Crippen molar-refractivity contribution < 1.29 is 13.6 Å². The number of ketones is 1. The molecule has 0 unspecified atom stereocenters. The van der Waals surface area contributed by atoms with Gasteiger partial charge in [0.1, 0.15) is 11.6 Å². The number of hydrogen-bond acceptors (Lipinski definition) is 2. The average Bonchev–Trinajstić information content (AvgIpc) is 2.97. The molecule has 0 amide bonds. The Hall–Kier alpha value is -1.94. The van der Waals surface area contributed by atoms with Gasteiger partial charge in [0.05, 0.1) is 0 Å². The van der Waals surface area contributed by atoms with E-state index >= 15 is 0 Å². The highest BCUT2D eigenvalue weighted by molar-refractivity contribution is 7.98. The van der Waals surface area contributed by atoms with Crippen molar-refractivity contribution in [2.45, 2.75) is 31.6 Å². The van der Waals surface area contributed by atoms with E-state index in [9.17, 15) is 13.6 Å². The second-order valence-corrected chi connectivity index (χ2v) is 6.04. The zero-order chi connectivity index (χ0) is 17.7. The summed E-state index contributed by atoms with van der Waals surface area (Å²) in [5.74, 6) is -1.40. The van der Waals surface area contributed by atoms with Crippen LogP contribution < -0.4 is 0 Å². The lowest BCUT2D eigenvalue weighted by Crippen LogP contribution is -1.98. The van der Waals surface area contributed by atoms with Crippen LogP contribution in [0.25, 0.3) is 11.1 Å². The molecule has 2 aromatic carbocycles. The molecule has 0 atom stereocenters. The van der Waals surface area contributed by atoms with Crippen molar-refractivity contribution in [2.75, 3.05) is 6.26 Å². The topological polar surface area (TPSA) is 17.1 Å². The van der Waals surface area contributed by atoms with Crippen LogP contribution in [0.4, 0.5) is 8.78 Å². The molecule has 3 rings (SSSR count). The van der Waals surface area contributed by atoms with Crippen molar-refractivity contribution >= 4 is 28.7 Å². The van der Waals surface area contributed by atoms with Gasteiger partial charge in [-0.15, -0.1) is 11.8 Å². The van der Waals surface area contributed by atoms with Gasteiger partial charge < -0.3 is 0 Å². The first-order valence-electron chi connectivity index (χ1n) is 7.95. The van der Waals surface area contributed by atoms with Crippen LogP contribution >= 0.6 is 11.8 Å². The normalized spacial score (nSPS) is 13.8. The number of Topliss-reactive ketones (excluding diaryl/α,β-unsaturated/α-hetero) is 1. The zero-order valence-corrected chi connectivity index (χ0v) is 14.8. The van der Waals surface area contributed by atoms with Crippen molar-refractivity contribution in [1.82, 2.24) is 0 Å². The Labute approximate surface area is 145 Å². The predicted molar refractivity (Wildman–Crippen MR) is 97.0 cm³/mol. The number of carbonyl (C=O) groups excluding carboxylic acids is 1. The third-order valence-corrected chi connectivity index (χ3v) is 4.52. The van der Waals surface area contributed by atoms with Crippen LogP contribution in [-0.4, -0.2) is 12.0 Å². The van der Waals surface area contributed by atoms with Gasteiger partial charge in [0.2, 0.25) is 0 Å². The third kappa shape index (κ3) is 3.93. The largest absolute Gasteiger partial charge is 0.294 e. The third-order valence-electron chi connectivity index (χ3n) is 3.77. The zero-order valence-electron chi connectivity index (χ0n) is 14.0. The van der Waals surface area contributed by atoms with E-state index in [2.05, 4.69) is 0 Å². The highest BCUT2D eigenvalue weighted by Gasteiger charge is 2.26. The maximum absolute atomic E-state index is 13.5. The molecule has 2 aromatic rings. The summed E-state index contributed by atoms with van der Waals surface area (Å²) in [4.78, 5) is 13.3. The van der Waals surface area contributed by atoms with Crippen LogP contribution in [0.15, 0.2) is 47.4 Å². The summed E-state index contributed by atoms with van der Waals surface area (Å²) in [7, 11) is 0. The maximum Gasteiger partial charge on any atom is 0.164 e. The summed E-state index contributed by atoms with van der Waals surface area (Å²) >= 11 is 1.64. The van der Waals surface area contributed by atoms with Crippen LogP contribution in [-0.2, 0) is 4.79 Å². The monoisotopic (exact) mass is 346 g/mol. The SMILES string of the molecule is CC.CSc1ccc(C2=C(c3cc(F)cc(F)c3)C(=O)CC2)cc1. The number of allylic oxidation sites excluding steroid dienone is 2. The molecule has 4 heteroatoms. The van der Waals surface area contributed by atoms with Crippen LogP contribution in [0.2, 0.25) is 0 Å². The van der Waals surface area contributed by atoms with Gasteiger partial charge in [-0.2, -0.15) is 0 Å². The first kappa shape index (κ1) is 18.4. The Bertz CT molecular complexity index is 743. The number of hydrogen-bond donors (Lipinski definition) is 0. The van der Waals surface area contributed by atoms with Gasteiger partial charge in [-0.25, -0.2) is 8.78 Å². The molecule has 1 nitrogen and oxygen atoms in total. The quantitative estimate of drug-likeness (QED) is 0.635. The van der Waals surface area contributed by atoms with E-state index in [0.29, 0.717) is 24.0 Å². The molecule has 0 saturated heterocycles. The Morgan fingerprint density at radius 3 is 2.00 bits per heavy atom. The van der Waals surface area contributed by atoms with Crippen LogP contribution in [0.3, 0.4) is 0 Å². The lowest BCUT2D eigenvalue weighted by atomic mass is 9.96. The first-order chi connectivity index (χ1) is 11.6. The fourth-order valence-corrected chi connectivity index (χ4v) is 3.18. The van der Waals surface area contributed by atoms with Crippen LogP contribution in [0.5, 0.6) is 0 Å². The summed E-state index contributed by atoms with van der Waals surface area (Å²) in [5, 5.41) is 0. The Balaban J connectivity index is 0.00000100. The first-order valence-corrected chi connectivity index (χ1v) is 9.18. The van der Waals surface area contributed by atoms with Crippen molar-refractivity contribution in [3.05, 3.63) is 65.2 Å². The summed E-state index contributed by atoms with van der Waals surface area (Å²) in [6.45, 7) is 4.00. The highest BCUT2D eigenvalue weighted by atomic mass is 32.2. The molecule has 0 fully saturated rings. The average molecular weight is 346 g/mol. The minimum atomic E-state index is -0.667. The molecule has 1 aliphatic rings. The predicted octanol–water partition coefficient (Wildman–Crippen LogP) is 5.99. The van der Waals surface area contributed by atoms with Gasteiger partial charge in [-0.1, -0.05) is 26.0 Å². The summed E-state index contributed by atoms with van der Waals surface area (Å²) in [5.41, 5.74) is 2.56. The molecule has 126 valence electrons. The number of thioether (sulfide) groups is 1. The van der Waals surface area contributed by atoms with Gasteiger partial charge >= 0.3 is 0 Å². The molecule has 1 aliphatic carbocycles. The number of rotatable bonds is 3. The molecule has 0 aromatic heterocycles. The van der Waals surface area contributed by atoms with E-state index in [-0.39, 0.29) is 5.78 Å². The molecular weight excluding hydrogens is 326 g/mol. The van der Waals surface area contributed by atoms with Crippen molar-refractivity contribution in [1.29, 1.82) is 0 Å². The number of benzene rings is 2. The molecule has 0 N–H and O–H groups in total. The summed E-state index contributed by atoms with van der Waals surface area (Å²) < 4.78 is 26.9. The Kier molecular flexibility index (Phi) is 6.32. The number of carbonyl (C=O) groups is 1. The van der Waals surface area contributed by atoms with Crippen LogP contribution in [0, 0.1) is 11.6 Å². The molecule has 24 heavy (non-hydrogen) atoms. The second-order valence-electron chi connectivity index (χ2n) is 5.16. The number of halogens is 2. The Morgan fingerprint density at radius 2 is 1.46 bits per heavy atom. The van der Waals surface area contributed by atoms with E-state index in [1.807, 2.05) is 44.4 Å². The van der Waals surface area contributed by atoms with Gasteiger partial charge in [0.15, 0.2) is 5.78 Å². The van der Waals surface area contributed by atoms with E-state index in [4.69, 9.17) is 0 Å². The van der Waals surface area contributed by atoms with Crippen molar-refractivity contribution in [3.63, 3.8) is 0 Å². The van der Waals surface area contributed by atoms with Crippen molar-refractivity contribution in [3.8, 4) is 0 Å². The van der Waals surface area contributed by atoms with Gasteiger partial charge in [0.25, 0.3) is 0 Å². The van der Waals surface area contributed by atoms with E-state index < -0.39 is 11.6 Å². The van der Waals surface area contributed by atoms with E-state index in [0.717, 1.165) is 22.1 Å². The smallest absolute Gasteiger partial charge is 0.164 e. The molecule has 0 bridgehead atoms. The Morgan fingerprint density at radius 1 is 0.875 bits per heavy atom. The summed E-state index contributed by atoms with van der Waals surface area (Å²) in [6.07, 6.45) is 2.98. The molecule has 0 radical (unpaired) electrons. The minimum absolute atomic E-state index is 0.0612. The molecule has 0 spiro atoms. The fourth-order valence-electron chi connectivity index (χ4n) is 2.77. The highest BCUT2D eigenvalue weighted by Crippen LogP contribution is 2.38. The summed E-state index contributed by atoms with van der Waals surface area (Å²) in [6, 6.07) is 11.1. The molecule has 0 heterocycles. The van der Waals surface area contributed by atoms with Crippen molar-refractivity contribution in [2.24, 2.45) is 0 Å². The van der Waals surface area contributed by atoms with Gasteiger partial charge in [0, 0.05) is 23.0 Å².